The van der Waals surface area contributed by atoms with Crippen molar-refractivity contribution in [2.75, 3.05) is 11.9 Å². The molecule has 20 heavy (non-hydrogen) atoms. The van der Waals surface area contributed by atoms with E-state index >= 15 is 0 Å². The second-order valence-corrected chi connectivity index (χ2v) is 4.75. The van der Waals surface area contributed by atoms with Crippen LogP contribution >= 0.6 is 11.6 Å². The molecule has 0 fully saturated rings. The average Bonchev–Trinajstić information content (AvgIpc) is 2.57. The Labute approximate surface area is 123 Å². The Bertz CT molecular complexity index is 642. The molecule has 0 unspecified atom stereocenters. The fourth-order valence-corrected chi connectivity index (χ4v) is 2.06. The van der Waals surface area contributed by atoms with Gasteiger partial charge in [0, 0.05) is 10.6 Å². The number of aliphatic imine (C=N–C) groups is 1. The van der Waals surface area contributed by atoms with Crippen LogP contribution in [0.3, 0.4) is 0 Å². The Morgan fingerprint density at radius 1 is 1.45 bits per heavy atom. The number of carbonyl (C=O) groups excluding carboxylic acids is 1. The van der Waals surface area contributed by atoms with Gasteiger partial charge in [0.2, 0.25) is 5.91 Å². The van der Waals surface area contributed by atoms with Crippen molar-refractivity contribution in [1.82, 2.24) is 0 Å². The van der Waals surface area contributed by atoms with Crippen LogP contribution in [0.4, 0.5) is 5.69 Å². The topological polar surface area (TPSA) is 41.5 Å². The van der Waals surface area contributed by atoms with Gasteiger partial charge in [-0.25, -0.2) is 0 Å². The number of amides is 1. The van der Waals surface area contributed by atoms with Crippen LogP contribution in [0.2, 0.25) is 5.02 Å². The molecule has 0 saturated heterocycles. The van der Waals surface area contributed by atoms with Crippen LogP contribution in [0.5, 0.6) is 0 Å². The summed E-state index contributed by atoms with van der Waals surface area (Å²) >= 11 is 6.04. The monoisotopic (exact) mass is 286 g/mol. The van der Waals surface area contributed by atoms with E-state index in [0.717, 1.165) is 11.1 Å². The highest BCUT2D eigenvalue weighted by molar-refractivity contribution is 6.32. The predicted molar refractivity (Wildman–Crippen MR) is 84.6 cm³/mol. The standard InChI is InChI=1S/C16H15ClN2O/c1-3-4-5-6-11(2)16-13-9-12(17)7-8-14(13)19-15(20)10-18-16/h3-9H,2,10H2,1H3,(H,19,20)/b4-3-,6-5-. The van der Waals surface area contributed by atoms with E-state index < -0.39 is 0 Å². The molecule has 0 spiro atoms. The van der Waals surface area contributed by atoms with Gasteiger partial charge < -0.3 is 5.32 Å². The minimum absolute atomic E-state index is 0.0815. The van der Waals surface area contributed by atoms with Gasteiger partial charge in [0.1, 0.15) is 6.54 Å². The number of halogens is 1. The summed E-state index contributed by atoms with van der Waals surface area (Å²) in [5.41, 5.74) is 2.92. The van der Waals surface area contributed by atoms with Crippen molar-refractivity contribution in [1.29, 1.82) is 0 Å². The summed E-state index contributed by atoms with van der Waals surface area (Å²) in [5, 5.41) is 3.41. The van der Waals surface area contributed by atoms with Gasteiger partial charge in [-0.05, 0) is 30.7 Å². The summed E-state index contributed by atoms with van der Waals surface area (Å²) in [5.74, 6) is -0.145. The molecule has 1 aromatic carbocycles. The molecule has 0 bridgehead atoms. The Morgan fingerprint density at radius 2 is 2.25 bits per heavy atom. The molecule has 1 aliphatic rings. The first-order chi connectivity index (χ1) is 9.61. The van der Waals surface area contributed by atoms with E-state index in [9.17, 15) is 4.79 Å². The molecular formula is C16H15ClN2O. The van der Waals surface area contributed by atoms with Gasteiger partial charge >= 0.3 is 0 Å². The molecule has 3 nitrogen and oxygen atoms in total. The third kappa shape index (κ3) is 3.25. The molecule has 0 aromatic heterocycles. The first-order valence-corrected chi connectivity index (χ1v) is 6.62. The molecule has 1 aliphatic heterocycles. The molecular weight excluding hydrogens is 272 g/mol. The molecule has 1 aromatic rings. The summed E-state index contributed by atoms with van der Waals surface area (Å²) in [4.78, 5) is 16.0. The maximum atomic E-state index is 11.6. The summed E-state index contributed by atoms with van der Waals surface area (Å²) < 4.78 is 0. The van der Waals surface area contributed by atoms with Crippen molar-refractivity contribution in [3.8, 4) is 0 Å². The Morgan fingerprint density at radius 3 is 3.00 bits per heavy atom. The van der Waals surface area contributed by atoms with Crippen molar-refractivity contribution in [3.05, 3.63) is 65.2 Å². The Balaban J connectivity index is 2.44. The van der Waals surface area contributed by atoms with Crippen LogP contribution in [0, 0.1) is 0 Å². The SMILES string of the molecule is C=C(/C=C\C=C/C)C1=NCC(=O)Nc2ccc(Cl)cc21. The maximum Gasteiger partial charge on any atom is 0.246 e. The van der Waals surface area contributed by atoms with Crippen LogP contribution in [-0.4, -0.2) is 18.2 Å². The highest BCUT2D eigenvalue weighted by Crippen LogP contribution is 2.25. The van der Waals surface area contributed by atoms with Crippen molar-refractivity contribution in [2.24, 2.45) is 4.99 Å². The molecule has 102 valence electrons. The number of carbonyl (C=O) groups is 1. The van der Waals surface area contributed by atoms with Crippen LogP contribution in [0.15, 0.2) is 59.6 Å². The third-order valence-corrected chi connectivity index (χ3v) is 3.03. The molecule has 0 saturated carbocycles. The van der Waals surface area contributed by atoms with Gasteiger partial charge in [0.15, 0.2) is 0 Å². The fourth-order valence-electron chi connectivity index (χ4n) is 1.88. The smallest absolute Gasteiger partial charge is 0.246 e. The van der Waals surface area contributed by atoms with Crippen LogP contribution < -0.4 is 5.32 Å². The third-order valence-electron chi connectivity index (χ3n) is 2.80. The number of hydrogen-bond donors (Lipinski definition) is 1. The molecule has 4 heteroatoms. The van der Waals surface area contributed by atoms with Gasteiger partial charge in [0.05, 0.1) is 11.4 Å². The van der Waals surface area contributed by atoms with Gasteiger partial charge in [-0.3, -0.25) is 9.79 Å². The normalized spacial score (nSPS) is 14.9. The molecule has 1 heterocycles. The number of rotatable bonds is 3. The summed E-state index contributed by atoms with van der Waals surface area (Å²) in [7, 11) is 0. The van der Waals surface area contributed by atoms with Gasteiger partial charge in [-0.15, -0.1) is 0 Å². The van der Waals surface area contributed by atoms with E-state index in [4.69, 9.17) is 11.6 Å². The lowest BCUT2D eigenvalue weighted by Gasteiger charge is -2.10. The van der Waals surface area contributed by atoms with E-state index in [2.05, 4.69) is 16.9 Å². The maximum absolute atomic E-state index is 11.6. The lowest BCUT2D eigenvalue weighted by Crippen LogP contribution is -2.13. The Kier molecular flexibility index (Phi) is 4.53. The second-order valence-electron chi connectivity index (χ2n) is 4.31. The molecule has 2 rings (SSSR count). The van der Waals surface area contributed by atoms with Crippen LogP contribution in [0.1, 0.15) is 12.5 Å². The highest BCUT2D eigenvalue weighted by atomic mass is 35.5. The minimum Gasteiger partial charge on any atom is -0.324 e. The number of nitrogens with one attached hydrogen (secondary N) is 1. The number of benzodiazepines with no additional fused rings is 1. The second kappa shape index (κ2) is 6.35. The van der Waals surface area contributed by atoms with Crippen molar-refractivity contribution >= 4 is 28.9 Å². The van der Waals surface area contributed by atoms with E-state index in [0.29, 0.717) is 16.4 Å². The largest absolute Gasteiger partial charge is 0.324 e. The van der Waals surface area contributed by atoms with E-state index in [-0.39, 0.29) is 12.5 Å². The molecule has 1 amide bonds. The zero-order valence-corrected chi connectivity index (χ0v) is 11.9. The fraction of sp³-hybridized carbons (Fsp3) is 0.125. The van der Waals surface area contributed by atoms with Crippen molar-refractivity contribution in [3.63, 3.8) is 0 Å². The van der Waals surface area contributed by atoms with Gasteiger partial charge in [-0.1, -0.05) is 42.5 Å². The quantitative estimate of drug-likeness (QED) is 0.844. The number of anilines is 1. The number of fused-ring (bicyclic) bond motifs is 1. The van der Waals surface area contributed by atoms with E-state index in [1.54, 1.807) is 18.2 Å². The summed E-state index contributed by atoms with van der Waals surface area (Å²) in [6.07, 6.45) is 7.58. The zero-order valence-electron chi connectivity index (χ0n) is 11.2. The number of nitrogens with zero attached hydrogens (tertiary/aromatic N) is 1. The first-order valence-electron chi connectivity index (χ1n) is 6.24. The molecule has 1 N–H and O–H groups in total. The lowest BCUT2D eigenvalue weighted by atomic mass is 10.0. The van der Waals surface area contributed by atoms with E-state index in [1.807, 2.05) is 31.2 Å². The summed E-state index contributed by atoms with van der Waals surface area (Å²) in [6.45, 7) is 6.03. The number of hydrogen-bond acceptors (Lipinski definition) is 2. The van der Waals surface area contributed by atoms with Crippen molar-refractivity contribution in [2.45, 2.75) is 6.92 Å². The number of benzene rings is 1. The molecule has 0 aliphatic carbocycles. The van der Waals surface area contributed by atoms with Crippen LogP contribution in [-0.2, 0) is 4.79 Å². The zero-order chi connectivity index (χ0) is 14.5. The average molecular weight is 287 g/mol. The van der Waals surface area contributed by atoms with Gasteiger partial charge in [0.25, 0.3) is 0 Å². The van der Waals surface area contributed by atoms with E-state index in [1.165, 1.54) is 0 Å². The predicted octanol–water partition coefficient (Wildman–Crippen LogP) is 3.77. The first kappa shape index (κ1) is 14.3. The molecule has 0 atom stereocenters. The van der Waals surface area contributed by atoms with Crippen LogP contribution in [0.25, 0.3) is 0 Å². The Hall–Kier alpha value is -2.13. The highest BCUT2D eigenvalue weighted by Gasteiger charge is 2.17. The minimum atomic E-state index is -0.145. The summed E-state index contributed by atoms with van der Waals surface area (Å²) in [6, 6.07) is 5.30. The number of allylic oxidation sites excluding steroid dienone is 5. The van der Waals surface area contributed by atoms with Gasteiger partial charge in [-0.2, -0.15) is 0 Å². The van der Waals surface area contributed by atoms with Crippen molar-refractivity contribution < 1.29 is 4.79 Å². The lowest BCUT2D eigenvalue weighted by molar-refractivity contribution is -0.114. The molecule has 0 radical (unpaired) electrons.